The van der Waals surface area contributed by atoms with E-state index in [1.807, 2.05) is 0 Å². The number of fused-ring (bicyclic) bond motifs is 1. The van der Waals surface area contributed by atoms with Crippen LogP contribution in [0.3, 0.4) is 0 Å². The number of methoxy groups -OCH3 is 1. The molecule has 1 aliphatic rings. The van der Waals surface area contributed by atoms with E-state index in [1.165, 1.54) is 43.5 Å². The van der Waals surface area contributed by atoms with Crippen LogP contribution in [0.4, 0.5) is 18.9 Å². The molecule has 1 atom stereocenters. The molecule has 0 aromatic heterocycles. The molecule has 4 rings (SSSR count). The number of nitrogens with zero attached hydrogens (tertiary/aromatic N) is 1. The van der Waals surface area contributed by atoms with Crippen LogP contribution in [0.15, 0.2) is 77.7 Å². The minimum absolute atomic E-state index is 0.0194. The number of benzene rings is 3. The number of para-hydroxylation sites is 1. The van der Waals surface area contributed by atoms with Crippen molar-refractivity contribution in [1.82, 2.24) is 4.31 Å². The van der Waals surface area contributed by atoms with Crippen LogP contribution in [-0.4, -0.2) is 31.8 Å². The molecule has 1 unspecified atom stereocenters. The number of nitrogens with one attached hydrogen (secondary N) is 1. The minimum Gasteiger partial charge on any atom is -0.497 e. The van der Waals surface area contributed by atoms with Gasteiger partial charge in [-0.05, 0) is 53.9 Å². The number of alkyl halides is 3. The van der Waals surface area contributed by atoms with Gasteiger partial charge in [-0.15, -0.1) is 0 Å². The van der Waals surface area contributed by atoms with Gasteiger partial charge < -0.3 is 10.1 Å². The van der Waals surface area contributed by atoms with E-state index < -0.39 is 39.4 Å². The summed E-state index contributed by atoms with van der Waals surface area (Å²) in [5.41, 5.74) is 0.0389. The van der Waals surface area contributed by atoms with Crippen molar-refractivity contribution in [1.29, 1.82) is 0 Å². The van der Waals surface area contributed by atoms with E-state index in [0.717, 1.165) is 27.6 Å². The van der Waals surface area contributed by atoms with Gasteiger partial charge in [0.15, 0.2) is 0 Å². The fraction of sp³-hybridized carbons (Fsp3) is 0.208. The molecule has 6 nitrogen and oxygen atoms in total. The van der Waals surface area contributed by atoms with Crippen molar-refractivity contribution in [3.05, 3.63) is 89.5 Å². The average molecular weight is 491 g/mol. The maximum atomic E-state index is 13.5. The molecule has 178 valence electrons. The number of rotatable bonds is 5. The Morgan fingerprint density at radius 3 is 2.24 bits per heavy atom. The second-order valence-corrected chi connectivity index (χ2v) is 9.64. The first kappa shape index (κ1) is 23.8. The molecular weight excluding hydrogens is 469 g/mol. The Bertz CT molecular complexity index is 1310. The number of halogens is 3. The summed E-state index contributed by atoms with van der Waals surface area (Å²) in [6.07, 6.45) is -4.66. The van der Waals surface area contributed by atoms with Crippen LogP contribution in [0.1, 0.15) is 16.7 Å². The summed E-state index contributed by atoms with van der Waals surface area (Å²) >= 11 is 0. The lowest BCUT2D eigenvalue weighted by atomic mass is 9.95. The molecule has 1 aliphatic heterocycles. The molecule has 1 heterocycles. The highest BCUT2D eigenvalue weighted by Gasteiger charge is 2.41. The molecular formula is C24H21F3N2O4S. The lowest BCUT2D eigenvalue weighted by molar-refractivity contribution is -0.137. The second kappa shape index (κ2) is 9.11. The van der Waals surface area contributed by atoms with Crippen LogP contribution in [0.25, 0.3) is 0 Å². The smallest absolute Gasteiger partial charge is 0.418 e. The monoisotopic (exact) mass is 490 g/mol. The fourth-order valence-corrected chi connectivity index (χ4v) is 5.48. The van der Waals surface area contributed by atoms with E-state index in [4.69, 9.17) is 4.74 Å². The second-order valence-electron chi connectivity index (χ2n) is 7.75. The van der Waals surface area contributed by atoms with Crippen LogP contribution in [0.2, 0.25) is 0 Å². The quantitative estimate of drug-likeness (QED) is 0.573. The van der Waals surface area contributed by atoms with Gasteiger partial charge in [-0.25, -0.2) is 8.42 Å². The number of amides is 1. The van der Waals surface area contributed by atoms with Gasteiger partial charge in [-0.3, -0.25) is 4.79 Å². The van der Waals surface area contributed by atoms with Crippen LogP contribution >= 0.6 is 0 Å². The molecule has 0 aliphatic carbocycles. The van der Waals surface area contributed by atoms with E-state index in [0.29, 0.717) is 5.75 Å². The first-order chi connectivity index (χ1) is 16.1. The molecule has 10 heteroatoms. The average Bonchev–Trinajstić information content (AvgIpc) is 2.83. The number of ether oxygens (including phenoxy) is 1. The third-order valence-corrected chi connectivity index (χ3v) is 7.53. The van der Waals surface area contributed by atoms with Gasteiger partial charge in [0.2, 0.25) is 15.9 Å². The van der Waals surface area contributed by atoms with Crippen molar-refractivity contribution >= 4 is 21.6 Å². The van der Waals surface area contributed by atoms with Crippen LogP contribution < -0.4 is 10.1 Å². The van der Waals surface area contributed by atoms with Gasteiger partial charge in [-0.1, -0.05) is 36.4 Å². The molecule has 0 saturated heterocycles. The first-order valence-electron chi connectivity index (χ1n) is 10.3. The minimum atomic E-state index is -4.68. The van der Waals surface area contributed by atoms with Crippen LogP contribution in [0, 0.1) is 0 Å². The van der Waals surface area contributed by atoms with Gasteiger partial charge in [0.25, 0.3) is 0 Å². The molecule has 0 spiro atoms. The zero-order valence-electron chi connectivity index (χ0n) is 18.0. The van der Waals surface area contributed by atoms with Crippen molar-refractivity contribution < 1.29 is 31.1 Å². The SMILES string of the molecule is COc1ccc(S(=O)(=O)N2Cc3ccccc3CC2C(=O)Nc2ccccc2C(F)(F)F)cc1. The zero-order chi connectivity index (χ0) is 24.5. The van der Waals surface area contributed by atoms with Gasteiger partial charge >= 0.3 is 6.18 Å². The normalized spacial score (nSPS) is 16.5. The molecule has 0 saturated carbocycles. The largest absolute Gasteiger partial charge is 0.497 e. The van der Waals surface area contributed by atoms with E-state index in [9.17, 15) is 26.4 Å². The maximum absolute atomic E-state index is 13.5. The van der Waals surface area contributed by atoms with Gasteiger partial charge in [0.1, 0.15) is 11.8 Å². The van der Waals surface area contributed by atoms with E-state index >= 15 is 0 Å². The van der Waals surface area contributed by atoms with Crippen LogP contribution in [-0.2, 0) is 34.0 Å². The zero-order valence-corrected chi connectivity index (χ0v) is 18.9. The van der Waals surface area contributed by atoms with Crippen molar-refractivity contribution in [3.63, 3.8) is 0 Å². The summed E-state index contributed by atoms with van der Waals surface area (Å²) in [4.78, 5) is 13.2. The highest BCUT2D eigenvalue weighted by atomic mass is 32.2. The lowest BCUT2D eigenvalue weighted by Crippen LogP contribution is -2.50. The molecule has 0 bridgehead atoms. The molecule has 1 amide bonds. The Hall–Kier alpha value is -3.37. The predicted molar refractivity (Wildman–Crippen MR) is 120 cm³/mol. The number of hydrogen-bond acceptors (Lipinski definition) is 4. The summed E-state index contributed by atoms with van der Waals surface area (Å²) in [6.45, 7) is -0.0937. The topological polar surface area (TPSA) is 75.7 Å². The Kier molecular flexibility index (Phi) is 6.37. The number of sulfonamides is 1. The molecule has 3 aromatic carbocycles. The highest BCUT2D eigenvalue weighted by molar-refractivity contribution is 7.89. The van der Waals surface area contributed by atoms with Crippen molar-refractivity contribution in [3.8, 4) is 5.75 Å². The van der Waals surface area contributed by atoms with Crippen LogP contribution in [0.5, 0.6) is 5.75 Å². The molecule has 3 aromatic rings. The van der Waals surface area contributed by atoms with Crippen molar-refractivity contribution in [2.24, 2.45) is 0 Å². The van der Waals surface area contributed by atoms with E-state index in [1.54, 1.807) is 24.3 Å². The summed E-state index contributed by atoms with van der Waals surface area (Å²) in [6, 6.07) is 16.1. The van der Waals surface area contributed by atoms with Gasteiger partial charge in [0.05, 0.1) is 23.3 Å². The summed E-state index contributed by atoms with van der Waals surface area (Å²) in [7, 11) is -2.71. The summed E-state index contributed by atoms with van der Waals surface area (Å²) in [5.74, 6) is -0.385. The molecule has 0 radical (unpaired) electrons. The standard InChI is InChI=1S/C24H21F3N2O4S/c1-33-18-10-12-19(13-11-18)34(31,32)29-15-17-7-3-2-6-16(17)14-22(29)23(30)28-21-9-5-4-8-20(21)24(25,26)27/h2-13,22H,14-15H2,1H3,(H,28,30). The van der Waals surface area contributed by atoms with Crippen molar-refractivity contribution in [2.45, 2.75) is 30.1 Å². The first-order valence-corrected chi connectivity index (χ1v) is 11.7. The Labute approximate surface area is 195 Å². The number of anilines is 1. The Morgan fingerprint density at radius 1 is 0.971 bits per heavy atom. The van der Waals surface area contributed by atoms with E-state index in [-0.39, 0.29) is 17.9 Å². The molecule has 34 heavy (non-hydrogen) atoms. The number of hydrogen-bond donors (Lipinski definition) is 1. The fourth-order valence-electron chi connectivity index (χ4n) is 3.91. The maximum Gasteiger partial charge on any atom is 0.418 e. The summed E-state index contributed by atoms with van der Waals surface area (Å²) in [5, 5.41) is 2.30. The Morgan fingerprint density at radius 2 is 1.59 bits per heavy atom. The number of carbonyl (C=O) groups is 1. The highest BCUT2D eigenvalue weighted by Crippen LogP contribution is 2.35. The van der Waals surface area contributed by atoms with E-state index in [2.05, 4.69) is 5.32 Å². The summed E-state index contributed by atoms with van der Waals surface area (Å²) < 4.78 is 73.4. The lowest BCUT2D eigenvalue weighted by Gasteiger charge is -2.35. The third kappa shape index (κ3) is 4.64. The van der Waals surface area contributed by atoms with Gasteiger partial charge in [-0.2, -0.15) is 17.5 Å². The molecule has 1 N–H and O–H groups in total. The third-order valence-electron chi connectivity index (χ3n) is 5.66. The number of carbonyl (C=O) groups excluding carboxylic acids is 1. The Balaban J connectivity index is 1.72. The molecule has 0 fully saturated rings. The van der Waals surface area contributed by atoms with Gasteiger partial charge in [0, 0.05) is 6.54 Å². The van der Waals surface area contributed by atoms with Crippen molar-refractivity contribution in [2.75, 3.05) is 12.4 Å². The predicted octanol–water partition coefficient (Wildman–Crippen LogP) is 4.47.